The number of halogens is 1. The Morgan fingerprint density at radius 3 is 2.68 bits per heavy atom. The number of aromatic nitrogens is 3. The van der Waals surface area contributed by atoms with Gasteiger partial charge in [-0.05, 0) is 57.0 Å². The summed E-state index contributed by atoms with van der Waals surface area (Å²) in [6.45, 7) is 6.95. The van der Waals surface area contributed by atoms with Crippen molar-refractivity contribution in [2.45, 2.75) is 45.8 Å². The second-order valence-electron chi connectivity index (χ2n) is 7.58. The first kappa shape index (κ1) is 20.7. The number of nitrogens with zero attached hydrogens (tertiary/aromatic N) is 4. The lowest BCUT2D eigenvalue weighted by Gasteiger charge is -2.31. The molecule has 1 aromatic carbocycles. The highest BCUT2D eigenvalue weighted by Gasteiger charge is 2.25. The highest BCUT2D eigenvalue weighted by atomic mass is 32.1. The van der Waals surface area contributed by atoms with E-state index in [9.17, 15) is 9.18 Å². The summed E-state index contributed by atoms with van der Waals surface area (Å²) in [5.74, 6) is -0.140. The molecule has 1 fully saturated rings. The Balaban J connectivity index is 1.43. The quantitative estimate of drug-likeness (QED) is 0.719. The summed E-state index contributed by atoms with van der Waals surface area (Å²) in [5.41, 5.74) is 0.634. The molecule has 0 atom stereocenters. The number of piperidine rings is 1. The van der Waals surface area contributed by atoms with E-state index in [4.69, 9.17) is 12.2 Å². The monoisotopic (exact) mass is 405 g/mol. The van der Waals surface area contributed by atoms with Gasteiger partial charge < -0.3 is 9.88 Å². The molecule has 1 aliphatic rings. The molecule has 0 saturated carbocycles. The summed E-state index contributed by atoms with van der Waals surface area (Å²) in [6.07, 6.45) is 3.91. The van der Waals surface area contributed by atoms with Crippen LogP contribution in [0, 0.1) is 16.5 Å². The maximum Gasteiger partial charge on any atom is 0.223 e. The van der Waals surface area contributed by atoms with Gasteiger partial charge in [-0.25, -0.2) is 9.07 Å². The Kier molecular flexibility index (Phi) is 6.96. The van der Waals surface area contributed by atoms with E-state index in [1.807, 2.05) is 15.3 Å². The second kappa shape index (κ2) is 9.43. The lowest BCUT2D eigenvalue weighted by atomic mass is 9.96. The number of benzene rings is 1. The van der Waals surface area contributed by atoms with Gasteiger partial charge >= 0.3 is 0 Å². The average molecular weight is 406 g/mol. The topological polar surface area (TPSA) is 55.1 Å². The van der Waals surface area contributed by atoms with Crippen LogP contribution in [0.5, 0.6) is 0 Å². The highest BCUT2D eigenvalue weighted by Crippen LogP contribution is 2.18. The summed E-state index contributed by atoms with van der Waals surface area (Å²) in [6, 6.07) is 6.98. The minimum absolute atomic E-state index is 0.0121. The van der Waals surface area contributed by atoms with E-state index in [0.29, 0.717) is 31.2 Å². The van der Waals surface area contributed by atoms with Gasteiger partial charge in [-0.1, -0.05) is 18.2 Å². The first-order valence-corrected chi connectivity index (χ1v) is 10.2. The summed E-state index contributed by atoms with van der Waals surface area (Å²) < 4.78 is 18.2. The van der Waals surface area contributed by atoms with Crippen molar-refractivity contribution in [3.8, 4) is 0 Å². The normalized spacial score (nSPS) is 15.9. The molecule has 28 heavy (non-hydrogen) atoms. The molecular formula is C20H28FN5OS. The standard InChI is InChI=1S/C20H28FN5OS/c1-15(2)25-13-23-26(20(25)28)14-24-11-8-17(9-12-24)19(27)22-10-7-16-5-3-4-6-18(16)21/h3-6,13,15,17H,7-12,14H2,1-2H3,(H,22,27). The molecule has 1 amide bonds. The summed E-state index contributed by atoms with van der Waals surface area (Å²) in [4.78, 5) is 14.7. The molecule has 152 valence electrons. The molecule has 1 saturated heterocycles. The smallest absolute Gasteiger partial charge is 0.223 e. The molecule has 3 rings (SSSR count). The molecule has 0 bridgehead atoms. The van der Waals surface area contributed by atoms with Crippen molar-refractivity contribution < 1.29 is 9.18 Å². The lowest BCUT2D eigenvalue weighted by molar-refractivity contribution is -0.126. The van der Waals surface area contributed by atoms with Crippen molar-refractivity contribution in [2.24, 2.45) is 5.92 Å². The zero-order valence-electron chi connectivity index (χ0n) is 16.5. The molecule has 6 nitrogen and oxygen atoms in total. The molecule has 1 N–H and O–H groups in total. The van der Waals surface area contributed by atoms with Crippen LogP contribution < -0.4 is 5.32 Å². The highest BCUT2D eigenvalue weighted by molar-refractivity contribution is 7.71. The number of likely N-dealkylation sites (tertiary alicyclic amines) is 1. The third-order valence-corrected chi connectivity index (χ3v) is 5.68. The fourth-order valence-corrected chi connectivity index (χ4v) is 3.86. The van der Waals surface area contributed by atoms with Crippen molar-refractivity contribution in [3.63, 3.8) is 0 Å². The molecule has 2 heterocycles. The van der Waals surface area contributed by atoms with Crippen molar-refractivity contribution >= 4 is 18.1 Å². The molecule has 0 unspecified atom stereocenters. The van der Waals surface area contributed by atoms with Crippen molar-refractivity contribution in [2.75, 3.05) is 19.6 Å². The Labute approximate surface area is 170 Å². The van der Waals surface area contributed by atoms with Gasteiger partial charge in [-0.3, -0.25) is 9.69 Å². The van der Waals surface area contributed by atoms with Crippen LogP contribution in [-0.4, -0.2) is 44.8 Å². The van der Waals surface area contributed by atoms with Crippen LogP contribution in [0.3, 0.4) is 0 Å². The number of rotatable bonds is 7. The average Bonchev–Trinajstić information content (AvgIpc) is 3.04. The van der Waals surface area contributed by atoms with Gasteiger partial charge in [0.2, 0.25) is 5.91 Å². The largest absolute Gasteiger partial charge is 0.356 e. The summed E-state index contributed by atoms with van der Waals surface area (Å²) in [5, 5.41) is 7.34. The first-order chi connectivity index (χ1) is 13.5. The Bertz CT molecular complexity index is 854. The van der Waals surface area contributed by atoms with Crippen molar-refractivity contribution in [1.29, 1.82) is 0 Å². The van der Waals surface area contributed by atoms with Gasteiger partial charge in [0, 0.05) is 31.6 Å². The van der Waals surface area contributed by atoms with Crippen LogP contribution in [0.1, 0.15) is 38.3 Å². The van der Waals surface area contributed by atoms with E-state index in [2.05, 4.69) is 29.2 Å². The van der Waals surface area contributed by atoms with Gasteiger partial charge in [0.1, 0.15) is 12.1 Å². The Morgan fingerprint density at radius 2 is 2.04 bits per heavy atom. The lowest BCUT2D eigenvalue weighted by Crippen LogP contribution is -2.41. The van der Waals surface area contributed by atoms with Gasteiger partial charge in [0.15, 0.2) is 4.77 Å². The number of amides is 1. The van der Waals surface area contributed by atoms with E-state index in [1.54, 1.807) is 18.5 Å². The Morgan fingerprint density at radius 1 is 1.32 bits per heavy atom. The van der Waals surface area contributed by atoms with E-state index in [-0.39, 0.29) is 17.6 Å². The molecule has 1 aromatic heterocycles. The van der Waals surface area contributed by atoms with Crippen LogP contribution in [0.2, 0.25) is 0 Å². The molecule has 1 aliphatic heterocycles. The number of hydrogen-bond acceptors (Lipinski definition) is 4. The number of nitrogens with one attached hydrogen (secondary N) is 1. The second-order valence-corrected chi connectivity index (χ2v) is 7.95. The SMILES string of the molecule is CC(C)n1cnn(CN2CCC(C(=O)NCCc3ccccc3F)CC2)c1=S. The fraction of sp³-hybridized carbons (Fsp3) is 0.550. The number of hydrogen-bond donors (Lipinski definition) is 1. The first-order valence-electron chi connectivity index (χ1n) is 9.83. The van der Waals surface area contributed by atoms with Crippen LogP contribution in [0.15, 0.2) is 30.6 Å². The fourth-order valence-electron chi connectivity index (χ4n) is 3.49. The minimum atomic E-state index is -0.219. The molecule has 0 spiro atoms. The van der Waals surface area contributed by atoms with Gasteiger partial charge in [-0.15, -0.1) is 0 Å². The van der Waals surface area contributed by atoms with E-state index >= 15 is 0 Å². The maximum atomic E-state index is 13.6. The third kappa shape index (κ3) is 5.05. The van der Waals surface area contributed by atoms with Crippen molar-refractivity contribution in [1.82, 2.24) is 24.6 Å². The van der Waals surface area contributed by atoms with Gasteiger partial charge in [0.25, 0.3) is 0 Å². The van der Waals surface area contributed by atoms with Crippen LogP contribution in [0.4, 0.5) is 4.39 Å². The predicted molar refractivity (Wildman–Crippen MR) is 109 cm³/mol. The van der Waals surface area contributed by atoms with E-state index < -0.39 is 0 Å². The van der Waals surface area contributed by atoms with Crippen LogP contribution in [0.25, 0.3) is 0 Å². The van der Waals surface area contributed by atoms with E-state index in [0.717, 1.165) is 30.7 Å². The third-order valence-electron chi connectivity index (χ3n) is 5.26. The van der Waals surface area contributed by atoms with Crippen molar-refractivity contribution in [3.05, 3.63) is 46.7 Å². The number of carbonyl (C=O) groups excluding carboxylic acids is 1. The van der Waals surface area contributed by atoms with Crippen LogP contribution in [-0.2, 0) is 17.9 Å². The summed E-state index contributed by atoms with van der Waals surface area (Å²) in [7, 11) is 0. The Hall–Kier alpha value is -2.06. The predicted octanol–water partition coefficient (Wildman–Crippen LogP) is 3.16. The molecule has 8 heteroatoms. The molecule has 0 aliphatic carbocycles. The zero-order valence-corrected chi connectivity index (χ0v) is 17.3. The zero-order chi connectivity index (χ0) is 20.1. The minimum Gasteiger partial charge on any atom is -0.356 e. The number of carbonyl (C=O) groups is 1. The maximum absolute atomic E-state index is 13.6. The molecule has 2 aromatic rings. The summed E-state index contributed by atoms with van der Waals surface area (Å²) >= 11 is 5.48. The molecular weight excluding hydrogens is 377 g/mol. The van der Waals surface area contributed by atoms with Crippen LogP contribution >= 0.6 is 12.2 Å². The van der Waals surface area contributed by atoms with Gasteiger partial charge in [-0.2, -0.15) is 5.10 Å². The van der Waals surface area contributed by atoms with E-state index in [1.165, 1.54) is 6.07 Å². The van der Waals surface area contributed by atoms with Gasteiger partial charge in [0.05, 0.1) is 6.67 Å². The molecule has 0 radical (unpaired) electrons.